The summed E-state index contributed by atoms with van der Waals surface area (Å²) in [4.78, 5) is 23.4. The van der Waals surface area contributed by atoms with Crippen molar-refractivity contribution in [2.45, 2.75) is 19.8 Å². The molecule has 0 radical (unpaired) electrons. The number of aromatic carboxylic acids is 1. The molecule has 0 saturated carbocycles. The van der Waals surface area contributed by atoms with Crippen LogP contribution in [0.25, 0.3) is 11.1 Å². The van der Waals surface area contributed by atoms with Gasteiger partial charge >= 0.3 is 5.97 Å². The molecule has 0 aliphatic rings. The van der Waals surface area contributed by atoms with Crippen molar-refractivity contribution < 1.29 is 14.7 Å². The number of hydrogen-bond acceptors (Lipinski definition) is 3. The van der Waals surface area contributed by atoms with Crippen molar-refractivity contribution in [3.05, 3.63) is 76.7 Å². The van der Waals surface area contributed by atoms with Crippen molar-refractivity contribution in [2.75, 3.05) is 5.32 Å². The number of carbonyl (C=O) groups is 2. The molecule has 0 fully saturated rings. The van der Waals surface area contributed by atoms with E-state index < -0.39 is 5.97 Å². The Balaban J connectivity index is 1.59. The lowest BCUT2D eigenvalue weighted by Crippen LogP contribution is -2.14. The predicted octanol–water partition coefficient (Wildman–Crippen LogP) is 4.99. The van der Waals surface area contributed by atoms with Crippen molar-refractivity contribution in [3.63, 3.8) is 0 Å². The summed E-state index contributed by atoms with van der Waals surface area (Å²) < 4.78 is 0. The number of thiophene rings is 1. The molecule has 2 aromatic carbocycles. The van der Waals surface area contributed by atoms with Crippen molar-refractivity contribution in [3.8, 4) is 11.1 Å². The second-order valence-electron chi connectivity index (χ2n) is 6.04. The molecule has 26 heavy (non-hydrogen) atoms. The van der Waals surface area contributed by atoms with Crippen molar-refractivity contribution in [2.24, 2.45) is 0 Å². The molecule has 3 aromatic rings. The van der Waals surface area contributed by atoms with Gasteiger partial charge in [0.1, 0.15) is 5.00 Å². The molecule has 0 atom stereocenters. The highest BCUT2D eigenvalue weighted by Gasteiger charge is 2.17. The maximum absolute atomic E-state index is 12.2. The third-order valence-corrected chi connectivity index (χ3v) is 5.16. The maximum atomic E-state index is 12.2. The predicted molar refractivity (Wildman–Crippen MR) is 105 cm³/mol. The van der Waals surface area contributed by atoms with Crippen LogP contribution in [-0.2, 0) is 11.2 Å². The van der Waals surface area contributed by atoms with E-state index in [-0.39, 0.29) is 11.5 Å². The summed E-state index contributed by atoms with van der Waals surface area (Å²) in [5, 5.41) is 14.1. The average molecular weight is 365 g/mol. The minimum Gasteiger partial charge on any atom is -0.478 e. The number of amides is 1. The van der Waals surface area contributed by atoms with Gasteiger partial charge in [-0.05, 0) is 41.0 Å². The Hall–Kier alpha value is -2.92. The quantitative estimate of drug-likeness (QED) is 0.646. The molecule has 132 valence electrons. The zero-order valence-electron chi connectivity index (χ0n) is 14.4. The Labute approximate surface area is 156 Å². The molecule has 0 unspecified atom stereocenters. The number of benzene rings is 2. The van der Waals surface area contributed by atoms with Gasteiger partial charge in [0, 0.05) is 6.42 Å². The number of aryl methyl sites for hydroxylation is 2. The van der Waals surface area contributed by atoms with E-state index >= 15 is 0 Å². The first-order chi connectivity index (χ1) is 12.5. The number of carboxylic acid groups (broad SMARTS) is 1. The zero-order chi connectivity index (χ0) is 18.5. The molecule has 0 aliphatic carbocycles. The van der Waals surface area contributed by atoms with Gasteiger partial charge in [0.25, 0.3) is 0 Å². The van der Waals surface area contributed by atoms with Gasteiger partial charge in [0.05, 0.1) is 5.56 Å². The molecule has 1 aromatic heterocycles. The summed E-state index contributed by atoms with van der Waals surface area (Å²) in [5.74, 6) is -1.20. The summed E-state index contributed by atoms with van der Waals surface area (Å²) in [7, 11) is 0. The Bertz CT molecular complexity index is 914. The number of carboxylic acids is 1. The molecule has 2 N–H and O–H groups in total. The lowest BCUT2D eigenvalue weighted by atomic mass is 10.0. The fourth-order valence-corrected chi connectivity index (χ4v) is 3.69. The fourth-order valence-electron chi connectivity index (χ4n) is 2.74. The highest BCUT2D eigenvalue weighted by molar-refractivity contribution is 7.15. The van der Waals surface area contributed by atoms with Crippen LogP contribution in [0.15, 0.2) is 60.0 Å². The fraction of sp³-hybridized carbons (Fsp3) is 0.143. The van der Waals surface area contributed by atoms with E-state index in [9.17, 15) is 14.7 Å². The van der Waals surface area contributed by atoms with Crippen LogP contribution in [0.2, 0.25) is 0 Å². The summed E-state index contributed by atoms with van der Waals surface area (Å²) >= 11 is 1.24. The monoisotopic (exact) mass is 365 g/mol. The molecule has 1 amide bonds. The van der Waals surface area contributed by atoms with Gasteiger partial charge in [-0.3, -0.25) is 4.79 Å². The standard InChI is InChI=1S/C21H19NO3S/c1-14-13-26-20(19(14)21(24)25)22-18(23)12-9-15-7-10-17(11-8-15)16-5-3-2-4-6-16/h2-8,10-11,13H,9,12H2,1H3,(H,22,23)(H,24,25). The van der Waals surface area contributed by atoms with Crippen LogP contribution in [0, 0.1) is 6.92 Å². The lowest BCUT2D eigenvalue weighted by Gasteiger charge is -2.06. The van der Waals surface area contributed by atoms with Crippen LogP contribution >= 0.6 is 11.3 Å². The summed E-state index contributed by atoms with van der Waals surface area (Å²) in [5.41, 5.74) is 4.20. The van der Waals surface area contributed by atoms with Crippen LogP contribution in [0.5, 0.6) is 0 Å². The third kappa shape index (κ3) is 4.18. The number of hydrogen-bond donors (Lipinski definition) is 2. The van der Waals surface area contributed by atoms with Gasteiger partial charge in [-0.1, -0.05) is 54.6 Å². The molecular formula is C21H19NO3S. The van der Waals surface area contributed by atoms with Gasteiger partial charge in [0.2, 0.25) is 5.91 Å². The van der Waals surface area contributed by atoms with Crippen molar-refractivity contribution in [1.29, 1.82) is 0 Å². The molecule has 0 spiro atoms. The molecule has 0 bridgehead atoms. The Morgan fingerprint density at radius 1 is 1.00 bits per heavy atom. The van der Waals surface area contributed by atoms with Crippen LogP contribution in [0.1, 0.15) is 27.9 Å². The number of rotatable bonds is 6. The summed E-state index contributed by atoms with van der Waals surface area (Å²) in [6, 6.07) is 18.3. The second kappa shape index (κ2) is 7.97. The van der Waals surface area contributed by atoms with Gasteiger partial charge in [-0.25, -0.2) is 4.79 Å². The van der Waals surface area contributed by atoms with Gasteiger partial charge in [0.15, 0.2) is 0 Å². The minimum atomic E-state index is -1.02. The Kier molecular flexibility index (Phi) is 5.49. The molecule has 5 heteroatoms. The normalized spacial score (nSPS) is 10.5. The maximum Gasteiger partial charge on any atom is 0.338 e. The summed E-state index contributed by atoms with van der Waals surface area (Å²) in [6.07, 6.45) is 0.911. The van der Waals surface area contributed by atoms with E-state index in [0.29, 0.717) is 23.4 Å². The Morgan fingerprint density at radius 3 is 2.31 bits per heavy atom. The minimum absolute atomic E-state index is 0.176. The van der Waals surface area contributed by atoms with E-state index in [0.717, 1.165) is 16.7 Å². The zero-order valence-corrected chi connectivity index (χ0v) is 15.2. The summed E-state index contributed by atoms with van der Waals surface area (Å²) in [6.45, 7) is 1.73. The first-order valence-corrected chi connectivity index (χ1v) is 9.18. The highest BCUT2D eigenvalue weighted by Crippen LogP contribution is 2.28. The van der Waals surface area contributed by atoms with Crippen molar-refractivity contribution >= 4 is 28.2 Å². The smallest absolute Gasteiger partial charge is 0.338 e. The number of carbonyl (C=O) groups excluding carboxylic acids is 1. The van der Waals surface area contributed by atoms with Crippen molar-refractivity contribution in [1.82, 2.24) is 0 Å². The molecule has 4 nitrogen and oxygen atoms in total. The molecule has 0 saturated heterocycles. The van der Waals surface area contributed by atoms with E-state index in [4.69, 9.17) is 0 Å². The van der Waals surface area contributed by atoms with E-state index in [1.165, 1.54) is 11.3 Å². The Morgan fingerprint density at radius 2 is 1.65 bits per heavy atom. The van der Waals surface area contributed by atoms with Gasteiger partial charge in [-0.2, -0.15) is 0 Å². The second-order valence-corrected chi connectivity index (χ2v) is 6.92. The first kappa shape index (κ1) is 17.9. The van der Waals surface area contributed by atoms with Gasteiger partial charge < -0.3 is 10.4 Å². The van der Waals surface area contributed by atoms with Crippen LogP contribution < -0.4 is 5.32 Å². The molecule has 3 rings (SSSR count). The van der Waals surface area contributed by atoms with Crippen LogP contribution in [0.4, 0.5) is 5.00 Å². The molecule has 0 aliphatic heterocycles. The van der Waals surface area contributed by atoms with Crippen LogP contribution in [0.3, 0.4) is 0 Å². The van der Waals surface area contributed by atoms with E-state index in [1.54, 1.807) is 12.3 Å². The first-order valence-electron chi connectivity index (χ1n) is 8.30. The highest BCUT2D eigenvalue weighted by atomic mass is 32.1. The largest absolute Gasteiger partial charge is 0.478 e. The average Bonchev–Trinajstić information content (AvgIpc) is 3.01. The van der Waals surface area contributed by atoms with E-state index in [1.807, 2.05) is 42.5 Å². The topological polar surface area (TPSA) is 66.4 Å². The number of anilines is 1. The molecular weight excluding hydrogens is 346 g/mol. The van der Waals surface area contributed by atoms with Crippen LogP contribution in [-0.4, -0.2) is 17.0 Å². The SMILES string of the molecule is Cc1csc(NC(=O)CCc2ccc(-c3ccccc3)cc2)c1C(=O)O. The van der Waals surface area contributed by atoms with E-state index in [2.05, 4.69) is 17.4 Å². The molecule has 1 heterocycles. The number of nitrogens with one attached hydrogen (secondary N) is 1. The third-order valence-electron chi connectivity index (χ3n) is 4.14. The lowest BCUT2D eigenvalue weighted by molar-refractivity contribution is -0.116. The van der Waals surface area contributed by atoms with Gasteiger partial charge in [-0.15, -0.1) is 11.3 Å².